The monoisotopic (exact) mass is 342 g/mol. The predicted molar refractivity (Wildman–Crippen MR) is 93.3 cm³/mol. The van der Waals surface area contributed by atoms with Crippen molar-refractivity contribution < 1.29 is 9.18 Å². The lowest BCUT2D eigenvalue weighted by Crippen LogP contribution is -2.46. The molecule has 0 aliphatic carbocycles. The molecule has 1 aliphatic heterocycles. The summed E-state index contributed by atoms with van der Waals surface area (Å²) in [5, 5.41) is 0. The van der Waals surface area contributed by atoms with Crippen molar-refractivity contribution in [2.24, 2.45) is 0 Å². The van der Waals surface area contributed by atoms with Gasteiger partial charge in [0.05, 0.1) is 23.9 Å². The van der Waals surface area contributed by atoms with E-state index in [2.05, 4.69) is 14.9 Å². The number of aryl methyl sites for hydroxylation is 1. The van der Waals surface area contributed by atoms with Gasteiger partial charge in [0, 0.05) is 13.1 Å². The molecule has 0 unspecified atom stereocenters. The van der Waals surface area contributed by atoms with Gasteiger partial charge < -0.3 is 9.80 Å². The zero-order chi connectivity index (χ0) is 18.0. The molecule has 5 nitrogen and oxygen atoms in total. The Morgan fingerprint density at radius 2 is 2.00 bits per heavy atom. The van der Waals surface area contributed by atoms with Crippen LogP contribution < -0.4 is 0 Å². The molecule has 0 N–H and O–H groups in total. The van der Waals surface area contributed by atoms with Crippen molar-refractivity contribution in [1.29, 1.82) is 0 Å². The van der Waals surface area contributed by atoms with E-state index in [9.17, 15) is 9.18 Å². The lowest BCUT2D eigenvalue weighted by molar-refractivity contribution is -0.138. The third-order valence-electron chi connectivity index (χ3n) is 4.34. The van der Waals surface area contributed by atoms with E-state index in [1.807, 2.05) is 32.0 Å². The van der Waals surface area contributed by atoms with Crippen LogP contribution in [0.4, 0.5) is 4.39 Å². The van der Waals surface area contributed by atoms with Gasteiger partial charge in [-0.05, 0) is 51.2 Å². The smallest absolute Gasteiger partial charge is 0.227 e. The van der Waals surface area contributed by atoms with Crippen LogP contribution in [0, 0.1) is 12.7 Å². The number of hydrogen-bond donors (Lipinski definition) is 0. The maximum absolute atomic E-state index is 13.0. The predicted octanol–water partition coefficient (Wildman–Crippen LogP) is 2.50. The molecule has 1 saturated heterocycles. The minimum Gasteiger partial charge on any atom is -0.334 e. The molecule has 1 aromatic carbocycles. The Morgan fingerprint density at radius 3 is 2.60 bits per heavy atom. The fourth-order valence-corrected chi connectivity index (χ4v) is 3.10. The molecule has 3 rings (SSSR count). The molecular weight excluding hydrogens is 319 g/mol. The molecule has 1 aromatic heterocycles. The Bertz CT molecular complexity index is 761. The van der Waals surface area contributed by atoms with Crippen LogP contribution in [0.3, 0.4) is 0 Å². The second-order valence-electron chi connectivity index (χ2n) is 6.76. The summed E-state index contributed by atoms with van der Waals surface area (Å²) in [6.07, 6.45) is 1.19. The first-order valence-corrected chi connectivity index (χ1v) is 8.45. The Hall–Kier alpha value is -2.34. The van der Waals surface area contributed by atoms with Gasteiger partial charge >= 0.3 is 0 Å². The van der Waals surface area contributed by atoms with E-state index < -0.39 is 0 Å². The molecule has 1 aliphatic rings. The Balaban J connectivity index is 1.72. The fourth-order valence-electron chi connectivity index (χ4n) is 3.10. The highest BCUT2D eigenvalue weighted by molar-refractivity contribution is 5.80. The summed E-state index contributed by atoms with van der Waals surface area (Å²) in [6, 6.07) is 8.10. The lowest BCUT2D eigenvalue weighted by atomic mass is 9.97. The highest BCUT2D eigenvalue weighted by atomic mass is 19.1. The van der Waals surface area contributed by atoms with Crippen LogP contribution >= 0.6 is 0 Å². The zero-order valence-corrected chi connectivity index (χ0v) is 14.9. The number of benzene rings is 1. The number of carbonyl (C=O) groups is 1. The summed E-state index contributed by atoms with van der Waals surface area (Å²) in [5.41, 5.74) is 2.69. The maximum Gasteiger partial charge on any atom is 0.227 e. The molecular formula is C19H23FN4O. The van der Waals surface area contributed by atoms with Crippen LogP contribution in [-0.2, 0) is 17.8 Å². The molecule has 0 spiro atoms. The molecule has 1 fully saturated rings. The van der Waals surface area contributed by atoms with E-state index in [4.69, 9.17) is 0 Å². The van der Waals surface area contributed by atoms with Gasteiger partial charge in [-0.2, -0.15) is 0 Å². The van der Waals surface area contributed by atoms with Crippen molar-refractivity contribution in [3.05, 3.63) is 58.9 Å². The first kappa shape index (κ1) is 17.5. The van der Waals surface area contributed by atoms with E-state index in [1.165, 1.54) is 12.1 Å². The average molecular weight is 342 g/mol. The minimum atomic E-state index is -0.289. The molecule has 6 heteroatoms. The summed E-state index contributed by atoms with van der Waals surface area (Å²) < 4.78 is 13.0. The number of likely N-dealkylation sites (tertiary alicyclic amines) is 1. The number of carbonyl (C=O) groups excluding carboxylic acids is 1. The third-order valence-corrected chi connectivity index (χ3v) is 4.34. The topological polar surface area (TPSA) is 49.3 Å². The number of hydrogen-bond acceptors (Lipinski definition) is 4. The van der Waals surface area contributed by atoms with Crippen molar-refractivity contribution in [1.82, 2.24) is 19.8 Å². The minimum absolute atomic E-state index is 0.00978. The van der Waals surface area contributed by atoms with Crippen molar-refractivity contribution in [3.8, 4) is 0 Å². The molecule has 2 aromatic rings. The van der Waals surface area contributed by atoms with E-state index in [0.717, 1.165) is 42.3 Å². The Kier molecular flexibility index (Phi) is 5.08. The summed E-state index contributed by atoms with van der Waals surface area (Å²) in [5.74, 6) is 0.489. The molecule has 1 amide bonds. The van der Waals surface area contributed by atoms with Crippen LogP contribution in [0.2, 0.25) is 0 Å². The molecule has 0 bridgehead atoms. The third kappa shape index (κ3) is 4.20. The van der Waals surface area contributed by atoms with Crippen LogP contribution in [-0.4, -0.2) is 46.3 Å². The lowest BCUT2D eigenvalue weighted by Gasteiger charge is -2.41. The molecule has 0 radical (unpaired) electrons. The highest BCUT2D eigenvalue weighted by Gasteiger charge is 2.34. The van der Waals surface area contributed by atoms with Gasteiger partial charge in [-0.15, -0.1) is 0 Å². The van der Waals surface area contributed by atoms with Gasteiger partial charge in [-0.1, -0.05) is 12.1 Å². The molecule has 132 valence electrons. The van der Waals surface area contributed by atoms with Crippen LogP contribution in [0.5, 0.6) is 0 Å². The van der Waals surface area contributed by atoms with Gasteiger partial charge in [0.25, 0.3) is 0 Å². The number of rotatable bonds is 5. The number of nitrogens with zero attached hydrogens (tertiary/aromatic N) is 4. The second kappa shape index (κ2) is 7.27. The van der Waals surface area contributed by atoms with Crippen molar-refractivity contribution in [2.45, 2.75) is 32.4 Å². The van der Waals surface area contributed by atoms with Gasteiger partial charge in [-0.3, -0.25) is 4.79 Å². The maximum atomic E-state index is 13.0. The highest BCUT2D eigenvalue weighted by Crippen LogP contribution is 2.33. The van der Waals surface area contributed by atoms with Crippen molar-refractivity contribution >= 4 is 5.91 Å². The van der Waals surface area contributed by atoms with Crippen LogP contribution in [0.25, 0.3) is 0 Å². The Labute approximate surface area is 147 Å². The number of aromatic nitrogens is 2. The van der Waals surface area contributed by atoms with E-state index in [-0.39, 0.29) is 24.2 Å². The summed E-state index contributed by atoms with van der Waals surface area (Å²) in [6.45, 7) is 3.36. The standard InChI is InChI=1S/C19H23FN4O/c1-13-21-16(12-23(2)3)11-17(22-13)18-8-9-24(18)19(25)10-14-4-6-15(20)7-5-14/h4-7,11,18H,8-10,12H2,1-3H3/t18-/m0/s1. The van der Waals surface area contributed by atoms with Gasteiger partial charge in [0.2, 0.25) is 5.91 Å². The quantitative estimate of drug-likeness (QED) is 0.838. The van der Waals surface area contributed by atoms with Gasteiger partial charge in [-0.25, -0.2) is 14.4 Å². The number of halogens is 1. The van der Waals surface area contributed by atoms with Crippen molar-refractivity contribution in [2.75, 3.05) is 20.6 Å². The largest absolute Gasteiger partial charge is 0.334 e. The van der Waals surface area contributed by atoms with Crippen LogP contribution in [0.1, 0.15) is 35.2 Å². The first-order chi connectivity index (χ1) is 11.9. The fraction of sp³-hybridized carbons (Fsp3) is 0.421. The zero-order valence-electron chi connectivity index (χ0n) is 14.9. The van der Waals surface area contributed by atoms with E-state index >= 15 is 0 Å². The van der Waals surface area contributed by atoms with E-state index in [1.54, 1.807) is 12.1 Å². The second-order valence-corrected chi connectivity index (χ2v) is 6.76. The molecule has 25 heavy (non-hydrogen) atoms. The Morgan fingerprint density at radius 1 is 1.28 bits per heavy atom. The van der Waals surface area contributed by atoms with E-state index in [0.29, 0.717) is 0 Å². The van der Waals surface area contributed by atoms with Crippen molar-refractivity contribution in [3.63, 3.8) is 0 Å². The molecule has 1 atom stereocenters. The normalized spacial score (nSPS) is 16.8. The SMILES string of the molecule is Cc1nc(CN(C)C)cc([C@@H]2CCN2C(=O)Cc2ccc(F)cc2)n1. The summed E-state index contributed by atoms with van der Waals surface area (Å²) in [7, 11) is 4.00. The summed E-state index contributed by atoms with van der Waals surface area (Å²) >= 11 is 0. The number of amides is 1. The molecule has 0 saturated carbocycles. The first-order valence-electron chi connectivity index (χ1n) is 8.45. The van der Waals surface area contributed by atoms with Gasteiger partial charge in [0.1, 0.15) is 11.6 Å². The average Bonchev–Trinajstić information content (AvgIpc) is 2.47. The summed E-state index contributed by atoms with van der Waals surface area (Å²) in [4.78, 5) is 25.5. The molecule has 2 heterocycles. The van der Waals surface area contributed by atoms with Gasteiger partial charge in [0.15, 0.2) is 0 Å². The van der Waals surface area contributed by atoms with Crippen LogP contribution in [0.15, 0.2) is 30.3 Å².